The number of pyridine rings is 1. The molecular weight excluding hydrogens is 176 g/mol. The number of hydrogen-bond donors (Lipinski definition) is 1. The first kappa shape index (κ1) is 9.21. The van der Waals surface area contributed by atoms with E-state index in [9.17, 15) is 0 Å². The van der Waals surface area contributed by atoms with Gasteiger partial charge in [-0.3, -0.25) is 4.98 Å². The summed E-state index contributed by atoms with van der Waals surface area (Å²) in [5, 5.41) is 2.29. The van der Waals surface area contributed by atoms with Crippen LogP contribution in [0.15, 0.2) is 16.7 Å². The van der Waals surface area contributed by atoms with Gasteiger partial charge >= 0.3 is 0 Å². The van der Waals surface area contributed by atoms with Gasteiger partial charge in [-0.1, -0.05) is 0 Å². The van der Waals surface area contributed by atoms with E-state index < -0.39 is 0 Å². The fourth-order valence-electron chi connectivity index (χ4n) is 1.85. The number of hydrogen-bond acceptors (Lipinski definition) is 3. The summed E-state index contributed by atoms with van der Waals surface area (Å²) in [5.74, 6) is 1.90. The third-order valence-electron chi connectivity index (χ3n) is 2.45. The number of rotatable bonds is 2. The molecule has 0 saturated heterocycles. The molecule has 0 fully saturated rings. The highest BCUT2D eigenvalue weighted by Crippen LogP contribution is 2.26. The number of aromatic nitrogens is 1. The molecule has 0 radical (unpaired) electrons. The summed E-state index contributed by atoms with van der Waals surface area (Å²) in [6.45, 7) is 4.56. The molecule has 0 unspecified atom stereocenters. The molecule has 2 heterocycles. The van der Waals surface area contributed by atoms with E-state index in [-0.39, 0.29) is 0 Å². The molecule has 0 spiro atoms. The minimum absolute atomic E-state index is 0.621. The minimum Gasteiger partial charge on any atom is -0.465 e. The quantitative estimate of drug-likeness (QED) is 0.787. The van der Waals surface area contributed by atoms with Gasteiger partial charge in [0, 0.05) is 23.4 Å². The van der Waals surface area contributed by atoms with E-state index in [0.717, 1.165) is 34.4 Å². The molecule has 0 atom stereocenters. The van der Waals surface area contributed by atoms with E-state index in [0.29, 0.717) is 6.54 Å². The molecule has 2 rings (SSSR count). The van der Waals surface area contributed by atoms with Crippen LogP contribution in [0.1, 0.15) is 17.2 Å². The zero-order valence-electron chi connectivity index (χ0n) is 8.50. The maximum atomic E-state index is 5.57. The minimum atomic E-state index is 0.621. The Morgan fingerprint density at radius 2 is 2.14 bits per heavy atom. The second kappa shape index (κ2) is 3.42. The lowest BCUT2D eigenvalue weighted by Gasteiger charge is -1.99. The van der Waals surface area contributed by atoms with Crippen LogP contribution in [-0.4, -0.2) is 11.5 Å². The summed E-state index contributed by atoms with van der Waals surface area (Å²) in [6.07, 6.45) is 2.62. The summed E-state index contributed by atoms with van der Waals surface area (Å²) < 4.78 is 5.57. The standard InChI is InChI=1S/C11H14N2O/c1-7-9-4-6-13-10(3-5-12)11(9)8(2)14-7/h4,6H,3,5,12H2,1-2H3. The molecule has 0 bridgehead atoms. The predicted molar refractivity (Wildman–Crippen MR) is 56.2 cm³/mol. The van der Waals surface area contributed by atoms with Gasteiger partial charge in [0.05, 0.1) is 5.69 Å². The molecule has 2 aromatic rings. The van der Waals surface area contributed by atoms with Gasteiger partial charge in [0.1, 0.15) is 11.5 Å². The molecule has 0 aliphatic rings. The van der Waals surface area contributed by atoms with Crippen molar-refractivity contribution in [3.05, 3.63) is 29.5 Å². The first-order valence-corrected chi connectivity index (χ1v) is 4.77. The number of furan rings is 1. The summed E-state index contributed by atoms with van der Waals surface area (Å²) in [7, 11) is 0. The van der Waals surface area contributed by atoms with Gasteiger partial charge in [0.15, 0.2) is 0 Å². The van der Waals surface area contributed by atoms with Crippen LogP contribution in [-0.2, 0) is 6.42 Å². The average Bonchev–Trinajstić information content (AvgIpc) is 2.44. The van der Waals surface area contributed by atoms with Gasteiger partial charge in [-0.25, -0.2) is 0 Å². The monoisotopic (exact) mass is 190 g/mol. The Morgan fingerprint density at radius 3 is 2.86 bits per heavy atom. The summed E-state index contributed by atoms with van der Waals surface area (Å²) in [4.78, 5) is 4.33. The molecule has 0 saturated carbocycles. The van der Waals surface area contributed by atoms with Crippen molar-refractivity contribution in [1.82, 2.24) is 4.98 Å². The first-order valence-electron chi connectivity index (χ1n) is 4.77. The lowest BCUT2D eigenvalue weighted by Crippen LogP contribution is -2.04. The van der Waals surface area contributed by atoms with E-state index in [1.54, 1.807) is 0 Å². The Kier molecular flexibility index (Phi) is 2.25. The van der Waals surface area contributed by atoms with Gasteiger partial charge in [0.2, 0.25) is 0 Å². The smallest absolute Gasteiger partial charge is 0.110 e. The van der Waals surface area contributed by atoms with Gasteiger partial charge in [-0.05, 0) is 26.5 Å². The molecule has 3 heteroatoms. The fourth-order valence-corrected chi connectivity index (χ4v) is 1.85. The van der Waals surface area contributed by atoms with E-state index in [4.69, 9.17) is 10.2 Å². The summed E-state index contributed by atoms with van der Waals surface area (Å²) in [6, 6.07) is 1.99. The van der Waals surface area contributed by atoms with Crippen molar-refractivity contribution >= 4 is 10.8 Å². The van der Waals surface area contributed by atoms with Crippen molar-refractivity contribution < 1.29 is 4.42 Å². The van der Waals surface area contributed by atoms with E-state index in [1.807, 2.05) is 26.1 Å². The molecule has 14 heavy (non-hydrogen) atoms. The number of nitrogens with two attached hydrogens (primary N) is 1. The van der Waals surface area contributed by atoms with Crippen LogP contribution in [0.25, 0.3) is 10.8 Å². The maximum absolute atomic E-state index is 5.57. The van der Waals surface area contributed by atoms with Gasteiger partial charge in [0.25, 0.3) is 0 Å². The zero-order chi connectivity index (χ0) is 10.1. The number of fused-ring (bicyclic) bond motifs is 1. The average molecular weight is 190 g/mol. The Bertz CT molecular complexity index is 460. The van der Waals surface area contributed by atoms with Crippen molar-refractivity contribution in [2.75, 3.05) is 6.54 Å². The van der Waals surface area contributed by atoms with Crippen LogP contribution in [0.4, 0.5) is 0 Å². The third-order valence-corrected chi connectivity index (χ3v) is 2.45. The van der Waals surface area contributed by atoms with Gasteiger partial charge in [-0.15, -0.1) is 0 Å². The molecule has 0 aromatic carbocycles. The van der Waals surface area contributed by atoms with Crippen LogP contribution in [0, 0.1) is 13.8 Å². The topological polar surface area (TPSA) is 52.0 Å². The first-order chi connectivity index (χ1) is 6.74. The summed E-state index contributed by atoms with van der Waals surface area (Å²) >= 11 is 0. The van der Waals surface area contributed by atoms with E-state index in [1.165, 1.54) is 0 Å². The van der Waals surface area contributed by atoms with Crippen LogP contribution in [0.2, 0.25) is 0 Å². The van der Waals surface area contributed by atoms with Crippen LogP contribution in [0.3, 0.4) is 0 Å². The molecule has 0 aliphatic carbocycles. The third kappa shape index (κ3) is 1.30. The number of nitrogens with zero attached hydrogens (tertiary/aromatic N) is 1. The van der Waals surface area contributed by atoms with Crippen molar-refractivity contribution in [3.8, 4) is 0 Å². The molecule has 0 amide bonds. The lowest BCUT2D eigenvalue weighted by molar-refractivity contribution is 0.510. The second-order valence-electron chi connectivity index (χ2n) is 3.43. The van der Waals surface area contributed by atoms with E-state index >= 15 is 0 Å². The van der Waals surface area contributed by atoms with Crippen molar-refractivity contribution in [1.29, 1.82) is 0 Å². The fraction of sp³-hybridized carbons (Fsp3) is 0.364. The van der Waals surface area contributed by atoms with Gasteiger partial charge in [-0.2, -0.15) is 0 Å². The van der Waals surface area contributed by atoms with Crippen molar-refractivity contribution in [2.24, 2.45) is 5.73 Å². The number of aryl methyl sites for hydroxylation is 2. The van der Waals surface area contributed by atoms with Crippen LogP contribution in [0.5, 0.6) is 0 Å². The lowest BCUT2D eigenvalue weighted by atomic mass is 10.1. The predicted octanol–water partition coefficient (Wildman–Crippen LogP) is 1.95. The Morgan fingerprint density at radius 1 is 1.36 bits per heavy atom. The molecule has 3 nitrogen and oxygen atoms in total. The Hall–Kier alpha value is -1.35. The van der Waals surface area contributed by atoms with Crippen LogP contribution < -0.4 is 5.73 Å². The molecular formula is C11H14N2O. The highest BCUT2D eigenvalue weighted by atomic mass is 16.3. The second-order valence-corrected chi connectivity index (χ2v) is 3.43. The van der Waals surface area contributed by atoms with Crippen molar-refractivity contribution in [3.63, 3.8) is 0 Å². The van der Waals surface area contributed by atoms with Gasteiger partial charge < -0.3 is 10.2 Å². The highest BCUT2D eigenvalue weighted by Gasteiger charge is 2.10. The highest BCUT2D eigenvalue weighted by molar-refractivity contribution is 5.88. The Balaban J connectivity index is 2.72. The van der Waals surface area contributed by atoms with Crippen LogP contribution >= 0.6 is 0 Å². The largest absolute Gasteiger partial charge is 0.465 e. The molecule has 2 aromatic heterocycles. The van der Waals surface area contributed by atoms with Crippen molar-refractivity contribution in [2.45, 2.75) is 20.3 Å². The molecule has 2 N–H and O–H groups in total. The zero-order valence-corrected chi connectivity index (χ0v) is 8.50. The normalized spacial score (nSPS) is 11.1. The maximum Gasteiger partial charge on any atom is 0.110 e. The van der Waals surface area contributed by atoms with E-state index in [2.05, 4.69) is 4.98 Å². The SMILES string of the molecule is Cc1oc(C)c2c(CCN)nccc12. The Labute approximate surface area is 82.9 Å². The summed E-state index contributed by atoms with van der Waals surface area (Å²) in [5.41, 5.74) is 6.58. The molecule has 74 valence electrons. The molecule has 0 aliphatic heterocycles.